The molecule has 2 aromatic carbocycles. The number of aromatic nitrogens is 2. The number of nitrogens with one attached hydrogen (secondary N) is 1. The van der Waals surface area contributed by atoms with E-state index in [1.807, 2.05) is 12.1 Å². The lowest BCUT2D eigenvalue weighted by Crippen LogP contribution is -2.12. The molecule has 6 heteroatoms. The molecule has 3 N–H and O–H groups in total. The number of rotatable bonds is 7. The molecule has 1 heterocycles. The minimum Gasteiger partial charge on any atom is -0.495 e. The van der Waals surface area contributed by atoms with Gasteiger partial charge in [0.1, 0.15) is 17.4 Å². The summed E-state index contributed by atoms with van der Waals surface area (Å²) in [4.78, 5) is 8.97. The van der Waals surface area contributed by atoms with E-state index < -0.39 is 0 Å². The summed E-state index contributed by atoms with van der Waals surface area (Å²) in [6, 6.07) is 12.1. The molecule has 3 aromatic rings. The number of methoxy groups -OCH3 is 1. The second-order valence-electron chi connectivity index (χ2n) is 6.28. The molecule has 0 bridgehead atoms. The number of hydrogen-bond acceptors (Lipinski definition) is 5. The smallest absolute Gasteiger partial charge is 0.145 e. The largest absolute Gasteiger partial charge is 0.495 e. The molecule has 27 heavy (non-hydrogen) atoms. The number of ether oxygens (including phenoxy) is 1. The van der Waals surface area contributed by atoms with Crippen molar-refractivity contribution in [3.8, 4) is 17.0 Å². The maximum absolute atomic E-state index is 13.2. The Balaban J connectivity index is 1.86. The van der Waals surface area contributed by atoms with Crippen LogP contribution in [0, 0.1) is 5.82 Å². The van der Waals surface area contributed by atoms with Crippen LogP contribution in [0.1, 0.15) is 31.4 Å². The molecule has 0 aliphatic rings. The summed E-state index contributed by atoms with van der Waals surface area (Å²) in [5, 5.41) is 3.41. The van der Waals surface area contributed by atoms with Crippen LogP contribution in [0.15, 0.2) is 54.9 Å². The maximum Gasteiger partial charge on any atom is 0.145 e. The first-order valence-corrected chi connectivity index (χ1v) is 8.88. The van der Waals surface area contributed by atoms with Crippen LogP contribution in [0.25, 0.3) is 11.3 Å². The van der Waals surface area contributed by atoms with Gasteiger partial charge in [-0.25, -0.2) is 9.37 Å². The zero-order valence-electron chi connectivity index (χ0n) is 15.4. The molecule has 1 unspecified atom stereocenters. The third kappa shape index (κ3) is 4.53. The van der Waals surface area contributed by atoms with Gasteiger partial charge in [-0.1, -0.05) is 31.5 Å². The van der Waals surface area contributed by atoms with Crippen molar-refractivity contribution >= 4 is 11.5 Å². The van der Waals surface area contributed by atoms with Crippen molar-refractivity contribution in [2.45, 2.75) is 25.8 Å². The van der Waals surface area contributed by atoms with Crippen LogP contribution in [-0.2, 0) is 0 Å². The van der Waals surface area contributed by atoms with Gasteiger partial charge in [-0.3, -0.25) is 4.98 Å². The fourth-order valence-electron chi connectivity index (χ4n) is 2.93. The molecule has 0 spiro atoms. The molecule has 0 radical (unpaired) electrons. The van der Waals surface area contributed by atoms with Crippen LogP contribution in [0.2, 0.25) is 0 Å². The Morgan fingerprint density at radius 1 is 1.15 bits per heavy atom. The molecule has 5 nitrogen and oxygen atoms in total. The lowest BCUT2D eigenvalue weighted by Gasteiger charge is -2.19. The molecule has 140 valence electrons. The summed E-state index contributed by atoms with van der Waals surface area (Å²) >= 11 is 0. The normalized spacial score (nSPS) is 11.8. The van der Waals surface area contributed by atoms with Crippen molar-refractivity contribution in [2.24, 2.45) is 0 Å². The molecule has 0 aliphatic carbocycles. The third-order valence-corrected chi connectivity index (χ3v) is 4.34. The quantitative estimate of drug-likeness (QED) is 0.586. The Kier molecular flexibility index (Phi) is 5.86. The molecule has 3 rings (SSSR count). The Hall–Kier alpha value is -3.15. The summed E-state index contributed by atoms with van der Waals surface area (Å²) in [6.45, 7) is 2.11. The molecule has 1 atom stereocenters. The first-order valence-electron chi connectivity index (χ1n) is 8.88. The van der Waals surface area contributed by atoms with Gasteiger partial charge in [0.25, 0.3) is 0 Å². The van der Waals surface area contributed by atoms with Gasteiger partial charge in [0.15, 0.2) is 0 Å². The van der Waals surface area contributed by atoms with E-state index in [-0.39, 0.29) is 11.9 Å². The molecule has 0 fully saturated rings. The molecule has 0 aliphatic heterocycles. The maximum atomic E-state index is 13.2. The topological polar surface area (TPSA) is 73.1 Å². The first kappa shape index (κ1) is 18.6. The Bertz CT molecular complexity index is 899. The average molecular weight is 366 g/mol. The van der Waals surface area contributed by atoms with E-state index in [1.165, 1.54) is 12.1 Å². The van der Waals surface area contributed by atoms with E-state index in [2.05, 4.69) is 22.2 Å². The minimum absolute atomic E-state index is 0.0288. The monoisotopic (exact) mass is 366 g/mol. The zero-order valence-corrected chi connectivity index (χ0v) is 15.4. The molecular weight excluding hydrogens is 343 g/mol. The van der Waals surface area contributed by atoms with Crippen LogP contribution in [0.3, 0.4) is 0 Å². The second-order valence-corrected chi connectivity index (χ2v) is 6.28. The van der Waals surface area contributed by atoms with Crippen molar-refractivity contribution in [3.05, 3.63) is 66.2 Å². The first-order chi connectivity index (χ1) is 13.1. The second kappa shape index (κ2) is 8.49. The van der Waals surface area contributed by atoms with Crippen LogP contribution < -0.4 is 15.8 Å². The molecule has 0 amide bonds. The third-order valence-electron chi connectivity index (χ3n) is 4.34. The Morgan fingerprint density at radius 2 is 1.93 bits per heavy atom. The minimum atomic E-state index is -0.243. The van der Waals surface area contributed by atoms with Crippen LogP contribution in [0.4, 0.5) is 15.9 Å². The van der Waals surface area contributed by atoms with Gasteiger partial charge in [0, 0.05) is 5.56 Å². The highest BCUT2D eigenvalue weighted by Crippen LogP contribution is 2.29. The van der Waals surface area contributed by atoms with Gasteiger partial charge in [0.05, 0.1) is 36.9 Å². The van der Waals surface area contributed by atoms with Gasteiger partial charge >= 0.3 is 0 Å². The van der Waals surface area contributed by atoms with Crippen molar-refractivity contribution in [1.82, 2.24) is 9.97 Å². The van der Waals surface area contributed by atoms with Gasteiger partial charge in [-0.05, 0) is 36.2 Å². The summed E-state index contributed by atoms with van der Waals surface area (Å²) in [5.74, 6) is 1.02. The van der Waals surface area contributed by atoms with E-state index in [0.29, 0.717) is 22.9 Å². The lowest BCUT2D eigenvalue weighted by atomic mass is 10.0. The van der Waals surface area contributed by atoms with E-state index in [9.17, 15) is 4.39 Å². The molecule has 0 saturated heterocycles. The van der Waals surface area contributed by atoms with E-state index in [1.54, 1.807) is 37.7 Å². The number of nitrogens with zero attached hydrogens (tertiary/aromatic N) is 2. The number of halogens is 1. The Labute approximate surface area is 158 Å². The predicted molar refractivity (Wildman–Crippen MR) is 106 cm³/mol. The fourth-order valence-corrected chi connectivity index (χ4v) is 2.93. The highest BCUT2D eigenvalue weighted by Gasteiger charge is 2.13. The Morgan fingerprint density at radius 3 is 2.63 bits per heavy atom. The highest BCUT2D eigenvalue weighted by molar-refractivity contribution is 5.67. The number of anilines is 2. The van der Waals surface area contributed by atoms with Crippen LogP contribution >= 0.6 is 0 Å². The fraction of sp³-hybridized carbons (Fsp3) is 0.238. The van der Waals surface area contributed by atoms with Crippen molar-refractivity contribution < 1.29 is 9.13 Å². The molecular formula is C21H23FN4O. The van der Waals surface area contributed by atoms with Crippen molar-refractivity contribution in [2.75, 3.05) is 18.2 Å². The van der Waals surface area contributed by atoms with E-state index >= 15 is 0 Å². The number of nitrogens with two attached hydrogens (primary N) is 1. The zero-order chi connectivity index (χ0) is 19.2. The standard InChI is InChI=1S/C21H23FN4O/c1-3-4-18(14-5-8-16(22)9-6-14)25-21-13-24-12-19(26-21)15-7-10-17(23)20(11-15)27-2/h5-13,18H,3-4,23H2,1-2H3,(H,25,26). The van der Waals surface area contributed by atoms with E-state index in [0.717, 1.165) is 24.0 Å². The molecule has 0 saturated carbocycles. The van der Waals surface area contributed by atoms with Crippen molar-refractivity contribution in [1.29, 1.82) is 0 Å². The SMILES string of the molecule is CCCC(Nc1cncc(-c2ccc(N)c(OC)c2)n1)c1ccc(F)cc1. The molecule has 1 aromatic heterocycles. The summed E-state index contributed by atoms with van der Waals surface area (Å²) in [6.07, 6.45) is 5.26. The van der Waals surface area contributed by atoms with Gasteiger partial charge < -0.3 is 15.8 Å². The summed E-state index contributed by atoms with van der Waals surface area (Å²) < 4.78 is 18.5. The number of benzene rings is 2. The predicted octanol–water partition coefficient (Wildman–Crippen LogP) is 4.83. The average Bonchev–Trinajstić information content (AvgIpc) is 2.69. The van der Waals surface area contributed by atoms with Gasteiger partial charge in [-0.2, -0.15) is 0 Å². The van der Waals surface area contributed by atoms with Crippen molar-refractivity contribution in [3.63, 3.8) is 0 Å². The van der Waals surface area contributed by atoms with Gasteiger partial charge in [-0.15, -0.1) is 0 Å². The lowest BCUT2D eigenvalue weighted by molar-refractivity contribution is 0.417. The van der Waals surface area contributed by atoms with Crippen LogP contribution in [0.5, 0.6) is 5.75 Å². The van der Waals surface area contributed by atoms with E-state index in [4.69, 9.17) is 10.5 Å². The summed E-state index contributed by atoms with van der Waals surface area (Å²) in [5.41, 5.74) is 9.05. The number of nitrogen functional groups attached to an aromatic ring is 1. The summed E-state index contributed by atoms with van der Waals surface area (Å²) in [7, 11) is 1.58. The highest BCUT2D eigenvalue weighted by atomic mass is 19.1. The number of hydrogen-bond donors (Lipinski definition) is 2. The van der Waals surface area contributed by atoms with Crippen LogP contribution in [-0.4, -0.2) is 17.1 Å². The van der Waals surface area contributed by atoms with Gasteiger partial charge in [0.2, 0.25) is 0 Å².